The van der Waals surface area contributed by atoms with Crippen LogP contribution in [0.3, 0.4) is 0 Å². The summed E-state index contributed by atoms with van der Waals surface area (Å²) < 4.78 is 5.32. The van der Waals surface area contributed by atoms with Crippen molar-refractivity contribution in [3.8, 4) is 0 Å². The van der Waals surface area contributed by atoms with Gasteiger partial charge in [-0.1, -0.05) is 12.1 Å². The fourth-order valence-corrected chi connectivity index (χ4v) is 2.19. The summed E-state index contributed by atoms with van der Waals surface area (Å²) in [4.78, 5) is 14.3. The normalized spacial score (nSPS) is 12.7. The van der Waals surface area contributed by atoms with Crippen LogP contribution >= 0.6 is 15.9 Å². The summed E-state index contributed by atoms with van der Waals surface area (Å²) in [7, 11) is 1.25. The van der Waals surface area contributed by atoms with Crippen LogP contribution in [0.15, 0.2) is 28.9 Å². The molecular formula is C11H10BrNO3. The van der Waals surface area contributed by atoms with Gasteiger partial charge in [-0.05, 0) is 22.0 Å². The molecule has 4 nitrogen and oxygen atoms in total. The van der Waals surface area contributed by atoms with Gasteiger partial charge >= 0.3 is 5.97 Å². The average molecular weight is 284 g/mol. The first-order valence-corrected chi connectivity index (χ1v) is 5.46. The Morgan fingerprint density at radius 1 is 1.56 bits per heavy atom. The largest absolute Gasteiger partial charge is 0.467 e. The number of esters is 1. The second-order valence-corrected chi connectivity index (χ2v) is 4.19. The maximum atomic E-state index is 11.3. The van der Waals surface area contributed by atoms with Crippen LogP contribution in [0.2, 0.25) is 0 Å². The number of rotatable bonds is 2. The molecule has 1 aromatic carbocycles. The van der Waals surface area contributed by atoms with Crippen molar-refractivity contribution in [2.24, 2.45) is 0 Å². The average Bonchev–Trinajstić information content (AvgIpc) is 2.69. The van der Waals surface area contributed by atoms with Crippen LogP contribution in [0.5, 0.6) is 0 Å². The first-order chi connectivity index (χ1) is 7.65. The number of carbonyl (C=O) groups excluding carboxylic acids is 1. The number of aliphatic hydroxyl groups is 1. The van der Waals surface area contributed by atoms with Crippen molar-refractivity contribution in [2.45, 2.75) is 6.10 Å². The molecule has 0 saturated heterocycles. The number of ether oxygens (including phenoxy) is 1. The number of carbonyl (C=O) groups is 1. The summed E-state index contributed by atoms with van der Waals surface area (Å²) in [6.45, 7) is 0. The Labute approximate surface area is 100 Å². The molecular weight excluding hydrogens is 274 g/mol. The van der Waals surface area contributed by atoms with Gasteiger partial charge in [-0.3, -0.25) is 0 Å². The maximum absolute atomic E-state index is 11.3. The Kier molecular flexibility index (Phi) is 2.98. The number of hydrogen-bond donors (Lipinski definition) is 2. The van der Waals surface area contributed by atoms with Crippen molar-refractivity contribution in [1.29, 1.82) is 0 Å². The van der Waals surface area contributed by atoms with Crippen molar-refractivity contribution in [3.63, 3.8) is 0 Å². The summed E-state index contributed by atoms with van der Waals surface area (Å²) in [5.74, 6) is -0.666. The standard InChI is InChI=1S/C11H10BrNO3/c1-16-11(15)10(14)6-3-2-4-8-9(6)7(12)5-13-8/h2-5,10,13-14H,1H3. The van der Waals surface area contributed by atoms with Gasteiger partial charge in [0, 0.05) is 27.1 Å². The lowest BCUT2D eigenvalue weighted by Crippen LogP contribution is -2.13. The number of aromatic amines is 1. The fraction of sp³-hybridized carbons (Fsp3) is 0.182. The number of H-pyrrole nitrogens is 1. The van der Waals surface area contributed by atoms with E-state index in [9.17, 15) is 9.90 Å². The van der Waals surface area contributed by atoms with Gasteiger partial charge in [0.15, 0.2) is 6.10 Å². The fourth-order valence-electron chi connectivity index (χ4n) is 1.64. The molecule has 0 aliphatic carbocycles. The molecule has 0 bridgehead atoms. The Balaban J connectivity index is 2.59. The molecule has 0 aliphatic heterocycles. The highest BCUT2D eigenvalue weighted by atomic mass is 79.9. The first kappa shape index (κ1) is 11.2. The Morgan fingerprint density at radius 3 is 3.00 bits per heavy atom. The zero-order chi connectivity index (χ0) is 11.7. The third kappa shape index (κ3) is 1.72. The first-order valence-electron chi connectivity index (χ1n) is 4.66. The van der Waals surface area contributed by atoms with Crippen molar-refractivity contribution in [1.82, 2.24) is 4.98 Å². The van der Waals surface area contributed by atoms with Crippen LogP contribution in [0.4, 0.5) is 0 Å². The van der Waals surface area contributed by atoms with Gasteiger partial charge in [-0.2, -0.15) is 0 Å². The molecule has 0 aliphatic rings. The van der Waals surface area contributed by atoms with Gasteiger partial charge in [0.25, 0.3) is 0 Å². The molecule has 2 rings (SSSR count). The Bertz CT molecular complexity index is 535. The number of methoxy groups -OCH3 is 1. The topological polar surface area (TPSA) is 62.3 Å². The van der Waals surface area contributed by atoms with E-state index in [1.54, 1.807) is 18.3 Å². The lowest BCUT2D eigenvalue weighted by atomic mass is 10.1. The molecule has 1 unspecified atom stereocenters. The summed E-state index contributed by atoms with van der Waals surface area (Å²) >= 11 is 3.36. The van der Waals surface area contributed by atoms with Gasteiger partial charge in [0.05, 0.1) is 7.11 Å². The molecule has 0 radical (unpaired) electrons. The van der Waals surface area contributed by atoms with E-state index in [0.717, 1.165) is 15.4 Å². The zero-order valence-corrected chi connectivity index (χ0v) is 10.1. The summed E-state index contributed by atoms with van der Waals surface area (Å²) in [6.07, 6.45) is 0.499. The smallest absolute Gasteiger partial charge is 0.339 e. The maximum Gasteiger partial charge on any atom is 0.339 e. The number of halogens is 1. The third-order valence-electron chi connectivity index (χ3n) is 2.41. The SMILES string of the molecule is COC(=O)C(O)c1cccc2[nH]cc(Br)c12. The Hall–Kier alpha value is -1.33. The van der Waals surface area contributed by atoms with E-state index in [1.165, 1.54) is 7.11 Å². The van der Waals surface area contributed by atoms with Gasteiger partial charge < -0.3 is 14.8 Å². The van der Waals surface area contributed by atoms with Crippen LogP contribution in [0.25, 0.3) is 10.9 Å². The third-order valence-corrected chi connectivity index (χ3v) is 3.03. The zero-order valence-electron chi connectivity index (χ0n) is 8.53. The second kappa shape index (κ2) is 4.27. The van der Waals surface area contributed by atoms with Crippen LogP contribution in [0, 0.1) is 0 Å². The predicted molar refractivity (Wildman–Crippen MR) is 63.0 cm³/mol. The number of hydrogen-bond acceptors (Lipinski definition) is 3. The lowest BCUT2D eigenvalue weighted by molar-refractivity contribution is -0.150. The van der Waals surface area contributed by atoms with E-state index < -0.39 is 12.1 Å². The van der Waals surface area contributed by atoms with Gasteiger partial charge in [0.1, 0.15) is 0 Å². The molecule has 84 valence electrons. The lowest BCUT2D eigenvalue weighted by Gasteiger charge is -2.10. The molecule has 0 spiro atoms. The molecule has 5 heteroatoms. The molecule has 16 heavy (non-hydrogen) atoms. The van der Waals surface area contributed by atoms with Gasteiger partial charge in [-0.25, -0.2) is 4.79 Å². The molecule has 2 N–H and O–H groups in total. The van der Waals surface area contributed by atoms with E-state index in [4.69, 9.17) is 0 Å². The Morgan fingerprint density at radius 2 is 2.31 bits per heavy atom. The highest BCUT2D eigenvalue weighted by Gasteiger charge is 2.21. The van der Waals surface area contributed by atoms with E-state index in [-0.39, 0.29) is 0 Å². The summed E-state index contributed by atoms with van der Waals surface area (Å²) in [5.41, 5.74) is 1.38. The van der Waals surface area contributed by atoms with Crippen LogP contribution in [-0.4, -0.2) is 23.2 Å². The van der Waals surface area contributed by atoms with Crippen molar-refractivity contribution >= 4 is 32.8 Å². The van der Waals surface area contributed by atoms with E-state index >= 15 is 0 Å². The number of benzene rings is 1. The highest BCUT2D eigenvalue weighted by molar-refractivity contribution is 9.10. The minimum atomic E-state index is -1.26. The van der Waals surface area contributed by atoms with E-state index in [2.05, 4.69) is 25.7 Å². The van der Waals surface area contributed by atoms with E-state index in [0.29, 0.717) is 5.56 Å². The van der Waals surface area contributed by atoms with Crippen molar-refractivity contribution < 1.29 is 14.6 Å². The van der Waals surface area contributed by atoms with Crippen molar-refractivity contribution in [2.75, 3.05) is 7.11 Å². The second-order valence-electron chi connectivity index (χ2n) is 3.33. The van der Waals surface area contributed by atoms with Gasteiger partial charge in [-0.15, -0.1) is 0 Å². The summed E-state index contributed by atoms with van der Waals surface area (Å²) in [5, 5.41) is 10.6. The van der Waals surface area contributed by atoms with Gasteiger partial charge in [0.2, 0.25) is 0 Å². The molecule has 0 amide bonds. The highest BCUT2D eigenvalue weighted by Crippen LogP contribution is 2.30. The predicted octanol–water partition coefficient (Wildman–Crippen LogP) is 2.14. The molecule has 0 saturated carbocycles. The molecule has 1 atom stereocenters. The molecule has 0 fully saturated rings. The molecule has 2 aromatic rings. The summed E-state index contributed by atoms with van der Waals surface area (Å²) in [6, 6.07) is 5.34. The quantitative estimate of drug-likeness (QED) is 0.830. The molecule has 1 aromatic heterocycles. The van der Waals surface area contributed by atoms with Crippen LogP contribution < -0.4 is 0 Å². The van der Waals surface area contributed by atoms with Crippen LogP contribution in [-0.2, 0) is 9.53 Å². The number of fused-ring (bicyclic) bond motifs is 1. The van der Waals surface area contributed by atoms with E-state index in [1.807, 2.05) is 6.07 Å². The number of aliphatic hydroxyl groups excluding tert-OH is 1. The van der Waals surface area contributed by atoms with Crippen LogP contribution in [0.1, 0.15) is 11.7 Å². The monoisotopic (exact) mass is 283 g/mol. The van der Waals surface area contributed by atoms with Crippen molar-refractivity contribution in [3.05, 3.63) is 34.4 Å². The minimum Gasteiger partial charge on any atom is -0.467 e. The molecule has 1 heterocycles. The minimum absolute atomic E-state index is 0.525. The number of nitrogens with one attached hydrogen (secondary N) is 1. The number of aromatic nitrogens is 1.